The summed E-state index contributed by atoms with van der Waals surface area (Å²) in [5, 5.41) is 6.20. The van der Waals surface area contributed by atoms with Crippen molar-refractivity contribution in [1.82, 2.24) is 20.1 Å². The zero-order valence-electron chi connectivity index (χ0n) is 26.9. The highest BCUT2D eigenvalue weighted by Crippen LogP contribution is 2.26. The molecule has 1 N–H and O–H groups in total. The van der Waals surface area contributed by atoms with Crippen LogP contribution < -0.4 is 5.32 Å². The molecular weight excluding hydrogens is 564 g/mol. The van der Waals surface area contributed by atoms with E-state index in [1.54, 1.807) is 17.2 Å². The lowest BCUT2D eigenvalue weighted by Crippen LogP contribution is -2.61. The van der Waals surface area contributed by atoms with Crippen molar-refractivity contribution in [1.29, 1.82) is 0 Å². The van der Waals surface area contributed by atoms with Crippen LogP contribution in [0.2, 0.25) is 0 Å². The fourth-order valence-electron chi connectivity index (χ4n) is 5.60. The molecule has 2 heterocycles. The minimum absolute atomic E-state index is 0.0204. The summed E-state index contributed by atoms with van der Waals surface area (Å²) in [6.07, 6.45) is 3.20. The van der Waals surface area contributed by atoms with Gasteiger partial charge < -0.3 is 14.4 Å². The number of hydrogen-bond acceptors (Lipinski definition) is 8. The van der Waals surface area contributed by atoms with Crippen molar-refractivity contribution >= 4 is 29.3 Å². The molecule has 0 bridgehead atoms. The van der Waals surface area contributed by atoms with Gasteiger partial charge in [-0.15, -0.1) is 11.3 Å². The summed E-state index contributed by atoms with van der Waals surface area (Å²) in [4.78, 5) is 47.6. The van der Waals surface area contributed by atoms with Crippen molar-refractivity contribution < 1.29 is 23.9 Å². The molecule has 1 aromatic heterocycles. The number of hydrogen-bond donors (Lipinski definition) is 1. The summed E-state index contributed by atoms with van der Waals surface area (Å²) in [6, 6.07) is 9.19. The van der Waals surface area contributed by atoms with Crippen LogP contribution in [-0.2, 0) is 27.3 Å². The molecule has 5 atom stereocenters. The first kappa shape index (κ1) is 34.5. The largest absolute Gasteiger partial charge is 0.461 e. The van der Waals surface area contributed by atoms with Gasteiger partial charge in [0.25, 0.3) is 0 Å². The van der Waals surface area contributed by atoms with E-state index in [4.69, 9.17) is 9.47 Å². The fraction of sp³-hybridized carbons (Fsp3) is 0.636. The first-order valence-electron chi connectivity index (χ1n) is 15.7. The molecule has 0 aliphatic carbocycles. The van der Waals surface area contributed by atoms with Crippen molar-refractivity contribution in [3.63, 3.8) is 0 Å². The maximum atomic E-state index is 14.2. The highest BCUT2D eigenvalue weighted by atomic mass is 32.1. The van der Waals surface area contributed by atoms with E-state index in [0.29, 0.717) is 31.2 Å². The Bertz CT molecular complexity index is 1170. The van der Waals surface area contributed by atoms with Gasteiger partial charge in [0.15, 0.2) is 5.69 Å². The third-order valence-corrected chi connectivity index (χ3v) is 9.37. The number of likely N-dealkylation sites (N-methyl/N-ethyl adjacent to an activating group) is 1. The molecule has 10 heteroatoms. The Morgan fingerprint density at radius 1 is 1.14 bits per heavy atom. The van der Waals surface area contributed by atoms with Crippen LogP contribution in [0.15, 0.2) is 35.7 Å². The standard InChI is InChI=1S/C33H50N4O5S/c1-8-24(6)30(35-28-19-23(5)17-18-37(28)33(40)42-20-25-13-11-10-12-14-25)31(38)36(7)27(22(3)4)15-16-29-34-26(21-43-29)32(39)41-9-2/h10-14,21-24,27-28,30,35H,8-9,15-20H2,1-7H3/t23-,24-,27-,28+,30-/m0/s1. The number of carbonyl (C=O) groups excluding carboxylic acids is 3. The van der Waals surface area contributed by atoms with E-state index in [1.165, 1.54) is 11.3 Å². The minimum Gasteiger partial charge on any atom is -0.461 e. The number of nitrogens with zero attached hydrogens (tertiary/aromatic N) is 3. The fourth-order valence-corrected chi connectivity index (χ4v) is 6.38. The Labute approximate surface area is 261 Å². The van der Waals surface area contributed by atoms with Gasteiger partial charge in [-0.3, -0.25) is 15.0 Å². The van der Waals surface area contributed by atoms with Gasteiger partial charge in [-0.2, -0.15) is 0 Å². The van der Waals surface area contributed by atoms with Crippen LogP contribution in [0, 0.1) is 17.8 Å². The van der Waals surface area contributed by atoms with Gasteiger partial charge in [0.1, 0.15) is 6.61 Å². The number of aromatic nitrogens is 1. The second-order valence-electron chi connectivity index (χ2n) is 12.1. The molecule has 1 aromatic carbocycles. The van der Waals surface area contributed by atoms with Crippen molar-refractivity contribution in [2.24, 2.45) is 17.8 Å². The second-order valence-corrected chi connectivity index (χ2v) is 13.0. The first-order chi connectivity index (χ1) is 20.5. The predicted molar refractivity (Wildman–Crippen MR) is 170 cm³/mol. The van der Waals surface area contributed by atoms with Crippen LogP contribution in [0.1, 0.15) is 88.3 Å². The molecule has 1 fully saturated rings. The molecule has 0 unspecified atom stereocenters. The van der Waals surface area contributed by atoms with Gasteiger partial charge in [0.2, 0.25) is 5.91 Å². The van der Waals surface area contributed by atoms with Crippen LogP contribution in [0.5, 0.6) is 0 Å². The summed E-state index contributed by atoms with van der Waals surface area (Å²) in [6.45, 7) is 13.5. The quantitative estimate of drug-likeness (QED) is 0.255. The molecule has 0 spiro atoms. The number of esters is 1. The molecule has 9 nitrogen and oxygen atoms in total. The summed E-state index contributed by atoms with van der Waals surface area (Å²) in [5.41, 5.74) is 1.27. The molecule has 0 radical (unpaired) electrons. The first-order valence-corrected chi connectivity index (χ1v) is 16.5. The molecule has 43 heavy (non-hydrogen) atoms. The Hall–Kier alpha value is -2.98. The molecule has 2 aromatic rings. The molecule has 0 saturated carbocycles. The zero-order chi connectivity index (χ0) is 31.5. The van der Waals surface area contributed by atoms with E-state index >= 15 is 0 Å². The van der Waals surface area contributed by atoms with Crippen molar-refractivity contribution in [3.8, 4) is 0 Å². The monoisotopic (exact) mass is 614 g/mol. The van der Waals surface area contributed by atoms with E-state index in [9.17, 15) is 14.4 Å². The van der Waals surface area contributed by atoms with Crippen LogP contribution in [0.4, 0.5) is 4.79 Å². The third-order valence-electron chi connectivity index (χ3n) is 8.46. The van der Waals surface area contributed by atoms with Crippen LogP contribution >= 0.6 is 11.3 Å². The highest BCUT2D eigenvalue weighted by Gasteiger charge is 2.37. The Balaban J connectivity index is 1.71. The van der Waals surface area contributed by atoms with Gasteiger partial charge in [0.05, 0.1) is 23.8 Å². The number of aryl methyl sites for hydroxylation is 1. The van der Waals surface area contributed by atoms with Gasteiger partial charge in [-0.25, -0.2) is 14.6 Å². The zero-order valence-corrected chi connectivity index (χ0v) is 27.7. The number of carbonyl (C=O) groups is 3. The lowest BCUT2D eigenvalue weighted by Gasteiger charge is -2.42. The smallest absolute Gasteiger partial charge is 0.411 e. The van der Waals surface area contributed by atoms with E-state index in [2.05, 4.69) is 44.9 Å². The molecule has 238 valence electrons. The molecule has 2 amide bonds. The van der Waals surface area contributed by atoms with Gasteiger partial charge in [0, 0.05) is 31.4 Å². The molecular formula is C33H50N4O5S. The summed E-state index contributed by atoms with van der Waals surface area (Å²) < 4.78 is 10.8. The second kappa shape index (κ2) is 16.8. The normalized spacial score (nSPS) is 19.0. The van der Waals surface area contributed by atoms with Crippen LogP contribution in [0.25, 0.3) is 0 Å². The van der Waals surface area contributed by atoms with Gasteiger partial charge in [-0.1, -0.05) is 71.4 Å². The number of amides is 2. The van der Waals surface area contributed by atoms with E-state index < -0.39 is 12.0 Å². The molecule has 1 aliphatic rings. The average Bonchev–Trinajstić information content (AvgIpc) is 3.47. The van der Waals surface area contributed by atoms with Gasteiger partial charge in [-0.05, 0) is 49.5 Å². The van der Waals surface area contributed by atoms with E-state index in [1.807, 2.05) is 42.3 Å². The maximum absolute atomic E-state index is 14.2. The number of piperidine rings is 1. The SMILES string of the molecule is CCOC(=O)c1csc(CC[C@@H](C(C)C)N(C)C(=O)[C@@H](N[C@H]2C[C@@H](C)CCN2C(=O)OCc2ccccc2)[C@@H](C)CC)n1. The summed E-state index contributed by atoms with van der Waals surface area (Å²) >= 11 is 1.44. The number of rotatable bonds is 14. The van der Waals surface area contributed by atoms with Crippen LogP contribution in [0.3, 0.4) is 0 Å². The van der Waals surface area contributed by atoms with Crippen molar-refractivity contribution in [2.75, 3.05) is 20.2 Å². The number of nitrogens with one attached hydrogen (secondary N) is 1. The molecule has 1 saturated heterocycles. The highest BCUT2D eigenvalue weighted by molar-refractivity contribution is 7.09. The predicted octanol–water partition coefficient (Wildman–Crippen LogP) is 6.13. The number of likely N-dealkylation sites (tertiary alicyclic amines) is 1. The average molecular weight is 615 g/mol. The van der Waals surface area contributed by atoms with Crippen molar-refractivity contribution in [2.45, 2.75) is 98.5 Å². The summed E-state index contributed by atoms with van der Waals surface area (Å²) in [7, 11) is 1.88. The summed E-state index contributed by atoms with van der Waals surface area (Å²) in [5.74, 6) is 0.316. The lowest BCUT2D eigenvalue weighted by molar-refractivity contribution is -0.137. The lowest BCUT2D eigenvalue weighted by atomic mass is 9.92. The Kier molecular flexibility index (Phi) is 13.4. The van der Waals surface area contributed by atoms with Crippen LogP contribution in [-0.4, -0.2) is 71.2 Å². The number of benzene rings is 1. The third kappa shape index (κ3) is 9.76. The molecule has 1 aliphatic heterocycles. The topological polar surface area (TPSA) is 101 Å². The number of thiazole rings is 1. The maximum Gasteiger partial charge on any atom is 0.411 e. The van der Waals surface area contributed by atoms with E-state index in [-0.39, 0.29) is 42.7 Å². The molecule has 3 rings (SSSR count). The Morgan fingerprint density at radius 2 is 1.86 bits per heavy atom. The minimum atomic E-state index is -0.453. The van der Waals surface area contributed by atoms with Crippen molar-refractivity contribution in [3.05, 3.63) is 52.0 Å². The van der Waals surface area contributed by atoms with Gasteiger partial charge >= 0.3 is 12.1 Å². The number of ether oxygens (including phenoxy) is 2. The van der Waals surface area contributed by atoms with E-state index in [0.717, 1.165) is 36.3 Å². The Morgan fingerprint density at radius 3 is 2.51 bits per heavy atom.